The molecule has 3 amide bonds. The van der Waals surface area contributed by atoms with Crippen molar-refractivity contribution in [3.63, 3.8) is 0 Å². The number of hydrogen-bond donors (Lipinski definition) is 2. The van der Waals surface area contributed by atoms with Crippen molar-refractivity contribution >= 4 is 23.9 Å². The quantitative estimate of drug-likeness (QED) is 0.508. The number of alkyl carbamates (subject to hydrolysis) is 1. The molecule has 1 saturated heterocycles. The molecule has 130 valence electrons. The number of rotatable bonds is 6. The molecule has 0 spiro atoms. The molecule has 0 aromatic heterocycles. The molecule has 1 heterocycles. The molecular weight excluding hydrogens is 306 g/mol. The van der Waals surface area contributed by atoms with Crippen molar-refractivity contribution in [1.29, 1.82) is 0 Å². The molecule has 0 aliphatic carbocycles. The molecule has 1 rings (SSSR count). The standard InChI is InChI=1S/C14H23N3O6/c1-14(2,3)23-13(22)15-5-4-6-16-7-8-17(9-10(18)19)12(21)11(16)20/h4-9H2,1-3H3,(H,15,22)(H,18,19). The second-order valence-corrected chi connectivity index (χ2v) is 6.19. The van der Waals surface area contributed by atoms with Crippen LogP contribution in [0.2, 0.25) is 0 Å². The average Bonchev–Trinajstić information content (AvgIpc) is 2.39. The topological polar surface area (TPSA) is 116 Å². The Morgan fingerprint density at radius 3 is 2.30 bits per heavy atom. The van der Waals surface area contributed by atoms with Gasteiger partial charge in [-0.15, -0.1) is 0 Å². The van der Waals surface area contributed by atoms with Crippen molar-refractivity contribution < 1.29 is 29.0 Å². The maximum absolute atomic E-state index is 11.9. The van der Waals surface area contributed by atoms with Crippen molar-refractivity contribution in [2.45, 2.75) is 32.8 Å². The van der Waals surface area contributed by atoms with Crippen LogP contribution in [-0.2, 0) is 19.1 Å². The smallest absolute Gasteiger partial charge is 0.407 e. The number of aliphatic carboxylic acids is 1. The fourth-order valence-corrected chi connectivity index (χ4v) is 2.02. The van der Waals surface area contributed by atoms with Crippen molar-refractivity contribution in [3.8, 4) is 0 Å². The molecule has 9 nitrogen and oxygen atoms in total. The fraction of sp³-hybridized carbons (Fsp3) is 0.714. The van der Waals surface area contributed by atoms with Crippen LogP contribution in [0.15, 0.2) is 0 Å². The summed E-state index contributed by atoms with van der Waals surface area (Å²) in [6, 6.07) is 0. The number of nitrogens with zero attached hydrogens (tertiary/aromatic N) is 2. The van der Waals surface area contributed by atoms with E-state index in [1.165, 1.54) is 4.90 Å². The van der Waals surface area contributed by atoms with Gasteiger partial charge in [0.05, 0.1) is 0 Å². The first-order chi connectivity index (χ1) is 10.6. The predicted molar refractivity (Wildman–Crippen MR) is 79.6 cm³/mol. The highest BCUT2D eigenvalue weighted by atomic mass is 16.6. The van der Waals surface area contributed by atoms with Crippen LogP contribution < -0.4 is 5.32 Å². The van der Waals surface area contributed by atoms with Crippen LogP contribution in [0.1, 0.15) is 27.2 Å². The number of carboxylic acid groups (broad SMARTS) is 1. The molecule has 0 unspecified atom stereocenters. The number of carbonyl (C=O) groups excluding carboxylic acids is 3. The summed E-state index contributed by atoms with van der Waals surface area (Å²) in [5.74, 6) is -2.67. The molecular formula is C14H23N3O6. The molecule has 2 N–H and O–H groups in total. The summed E-state index contributed by atoms with van der Waals surface area (Å²) in [4.78, 5) is 48.0. The Kier molecular flexibility index (Phi) is 6.35. The third-order valence-electron chi connectivity index (χ3n) is 3.00. The van der Waals surface area contributed by atoms with Crippen molar-refractivity contribution in [2.24, 2.45) is 0 Å². The highest BCUT2D eigenvalue weighted by Gasteiger charge is 2.32. The molecule has 1 fully saturated rings. The van der Waals surface area contributed by atoms with E-state index in [9.17, 15) is 19.2 Å². The van der Waals surface area contributed by atoms with E-state index < -0.39 is 36.0 Å². The minimum absolute atomic E-state index is 0.191. The number of carbonyl (C=O) groups is 4. The van der Waals surface area contributed by atoms with Gasteiger partial charge in [0.15, 0.2) is 0 Å². The Bertz CT molecular complexity index is 485. The lowest BCUT2D eigenvalue weighted by Crippen LogP contribution is -2.55. The van der Waals surface area contributed by atoms with E-state index in [1.54, 1.807) is 20.8 Å². The van der Waals surface area contributed by atoms with Gasteiger partial charge in [0, 0.05) is 26.2 Å². The highest BCUT2D eigenvalue weighted by Crippen LogP contribution is 2.07. The lowest BCUT2D eigenvalue weighted by Gasteiger charge is -2.32. The van der Waals surface area contributed by atoms with Crippen LogP contribution in [0.25, 0.3) is 0 Å². The fourth-order valence-electron chi connectivity index (χ4n) is 2.02. The monoisotopic (exact) mass is 329 g/mol. The number of amides is 3. The Balaban J connectivity index is 2.31. The van der Waals surface area contributed by atoms with Gasteiger partial charge in [-0.05, 0) is 27.2 Å². The van der Waals surface area contributed by atoms with Gasteiger partial charge < -0.3 is 25.0 Å². The number of hydrogen-bond acceptors (Lipinski definition) is 5. The molecule has 1 aliphatic heterocycles. The van der Waals surface area contributed by atoms with Crippen LogP contribution in [0.4, 0.5) is 4.79 Å². The molecule has 0 atom stereocenters. The van der Waals surface area contributed by atoms with Gasteiger partial charge in [0.25, 0.3) is 0 Å². The van der Waals surface area contributed by atoms with Gasteiger partial charge in [0.1, 0.15) is 12.1 Å². The van der Waals surface area contributed by atoms with Gasteiger partial charge in [-0.1, -0.05) is 0 Å². The molecule has 0 bridgehead atoms. The Morgan fingerprint density at radius 1 is 1.17 bits per heavy atom. The van der Waals surface area contributed by atoms with E-state index in [0.717, 1.165) is 4.90 Å². The van der Waals surface area contributed by atoms with Crippen LogP contribution >= 0.6 is 0 Å². The summed E-state index contributed by atoms with van der Waals surface area (Å²) < 4.78 is 5.07. The Labute approximate surface area is 134 Å². The summed E-state index contributed by atoms with van der Waals surface area (Å²) in [6.07, 6.45) is -0.0665. The van der Waals surface area contributed by atoms with E-state index in [4.69, 9.17) is 9.84 Å². The molecule has 0 radical (unpaired) electrons. The Morgan fingerprint density at radius 2 is 1.74 bits per heavy atom. The molecule has 9 heteroatoms. The van der Waals surface area contributed by atoms with Crippen molar-refractivity contribution in [2.75, 3.05) is 32.7 Å². The molecule has 23 heavy (non-hydrogen) atoms. The molecule has 0 aromatic rings. The summed E-state index contributed by atoms with van der Waals surface area (Å²) in [6.45, 7) is 5.89. The summed E-state index contributed by atoms with van der Waals surface area (Å²) in [5.41, 5.74) is -0.576. The molecule has 1 aliphatic rings. The number of carboxylic acids is 1. The number of nitrogens with one attached hydrogen (secondary N) is 1. The summed E-state index contributed by atoms with van der Waals surface area (Å²) >= 11 is 0. The van der Waals surface area contributed by atoms with E-state index in [0.29, 0.717) is 19.5 Å². The van der Waals surface area contributed by atoms with Crippen molar-refractivity contribution in [3.05, 3.63) is 0 Å². The average molecular weight is 329 g/mol. The second kappa shape index (κ2) is 7.80. The largest absolute Gasteiger partial charge is 0.480 e. The first-order valence-electron chi connectivity index (χ1n) is 7.37. The van der Waals surface area contributed by atoms with Crippen LogP contribution in [0.3, 0.4) is 0 Å². The van der Waals surface area contributed by atoms with Gasteiger partial charge in [-0.25, -0.2) is 4.79 Å². The maximum Gasteiger partial charge on any atom is 0.407 e. The summed E-state index contributed by atoms with van der Waals surface area (Å²) in [7, 11) is 0. The molecule has 0 aromatic carbocycles. The minimum Gasteiger partial charge on any atom is -0.480 e. The van der Waals surface area contributed by atoms with E-state index >= 15 is 0 Å². The van der Waals surface area contributed by atoms with Gasteiger partial charge in [-0.2, -0.15) is 0 Å². The van der Waals surface area contributed by atoms with E-state index in [-0.39, 0.29) is 13.1 Å². The predicted octanol–water partition coefficient (Wildman–Crippen LogP) is -0.343. The zero-order valence-corrected chi connectivity index (χ0v) is 13.6. The van der Waals surface area contributed by atoms with E-state index in [2.05, 4.69) is 5.32 Å². The Hall–Kier alpha value is -2.32. The minimum atomic E-state index is -1.15. The van der Waals surface area contributed by atoms with Crippen LogP contribution in [0, 0.1) is 0 Å². The highest BCUT2D eigenvalue weighted by molar-refractivity contribution is 6.35. The zero-order valence-electron chi connectivity index (χ0n) is 13.6. The number of piperazine rings is 1. The first kappa shape index (κ1) is 18.7. The van der Waals surface area contributed by atoms with E-state index in [1.807, 2.05) is 0 Å². The van der Waals surface area contributed by atoms with Gasteiger partial charge in [-0.3, -0.25) is 14.4 Å². The van der Waals surface area contributed by atoms with Crippen LogP contribution in [0.5, 0.6) is 0 Å². The lowest BCUT2D eigenvalue weighted by molar-refractivity contribution is -0.158. The molecule has 0 saturated carbocycles. The SMILES string of the molecule is CC(C)(C)OC(=O)NCCCN1CCN(CC(=O)O)C(=O)C1=O. The van der Waals surface area contributed by atoms with Crippen molar-refractivity contribution in [1.82, 2.24) is 15.1 Å². The normalized spacial score (nSPS) is 15.6. The summed E-state index contributed by atoms with van der Waals surface area (Å²) in [5, 5.41) is 11.2. The zero-order chi connectivity index (χ0) is 17.6. The third kappa shape index (κ3) is 6.54. The second-order valence-electron chi connectivity index (χ2n) is 6.19. The maximum atomic E-state index is 11.9. The van der Waals surface area contributed by atoms with Gasteiger partial charge in [0.2, 0.25) is 0 Å². The lowest BCUT2D eigenvalue weighted by atomic mass is 10.2. The van der Waals surface area contributed by atoms with Crippen LogP contribution in [-0.4, -0.2) is 77.1 Å². The number of ether oxygens (including phenoxy) is 1. The van der Waals surface area contributed by atoms with Gasteiger partial charge >= 0.3 is 23.9 Å². The third-order valence-corrected chi connectivity index (χ3v) is 3.00. The first-order valence-corrected chi connectivity index (χ1v) is 7.37.